The normalized spacial score (nSPS) is 31.5. The van der Waals surface area contributed by atoms with Crippen LogP contribution in [0.1, 0.15) is 34.7 Å². The third kappa shape index (κ3) is 4.05. The second-order valence-corrected chi connectivity index (χ2v) is 12.4. The highest BCUT2D eigenvalue weighted by Crippen LogP contribution is 2.66. The van der Waals surface area contributed by atoms with Gasteiger partial charge in [0.15, 0.2) is 9.75 Å². The number of carboxylic acids is 1. The number of carboxylic acid groups (broad SMARTS) is 1. The van der Waals surface area contributed by atoms with E-state index in [4.69, 9.17) is 23.2 Å². The van der Waals surface area contributed by atoms with Crippen LogP contribution in [0, 0.1) is 17.8 Å². The van der Waals surface area contributed by atoms with Crippen molar-refractivity contribution in [1.29, 1.82) is 0 Å². The number of aromatic hydroxyl groups is 1. The summed E-state index contributed by atoms with van der Waals surface area (Å²) in [6.45, 7) is 0. The van der Waals surface area contributed by atoms with Crippen LogP contribution < -0.4 is 9.64 Å². The molecule has 15 heteroatoms. The summed E-state index contributed by atoms with van der Waals surface area (Å²) in [6.07, 6.45) is -4.02. The average Bonchev–Trinajstić information content (AvgIpc) is 3.28. The fourth-order valence-corrected chi connectivity index (χ4v) is 8.09. The third-order valence-corrected chi connectivity index (χ3v) is 10.3. The fourth-order valence-electron chi connectivity index (χ4n) is 7.08. The fraction of sp³-hybridized carbons (Fsp3) is 0.345. The summed E-state index contributed by atoms with van der Waals surface area (Å²) < 4.78 is 43.4. The Morgan fingerprint density at radius 3 is 2.39 bits per heavy atom. The minimum Gasteiger partial charge on any atom is -0.508 e. The molecule has 2 aliphatic carbocycles. The van der Waals surface area contributed by atoms with Gasteiger partial charge in [0.2, 0.25) is 11.8 Å². The Bertz CT molecular complexity index is 1710. The number of phenolic OH excluding ortho intramolecular Hbond substituents is 1. The van der Waals surface area contributed by atoms with E-state index in [1.54, 1.807) is 0 Å². The molecule has 0 aromatic heterocycles. The number of phenols is 1. The number of benzene rings is 2. The van der Waals surface area contributed by atoms with Gasteiger partial charge in [-0.1, -0.05) is 17.7 Å². The molecule has 0 unspecified atom stereocenters. The van der Waals surface area contributed by atoms with Gasteiger partial charge in [-0.2, -0.15) is 0 Å². The molecule has 2 N–H and O–H groups in total. The number of fused-ring (bicyclic) bond motifs is 4. The molecular formula is C29H21Cl2F3N2O8. The number of carbonyl (C=O) groups is 5. The average molecular weight is 653 g/mol. The number of aromatic carboxylic acids is 1. The van der Waals surface area contributed by atoms with Crippen molar-refractivity contribution < 1.29 is 52.1 Å². The van der Waals surface area contributed by atoms with Crippen LogP contribution in [0.25, 0.3) is 0 Å². The monoisotopic (exact) mass is 652 g/mol. The van der Waals surface area contributed by atoms with Gasteiger partial charge in [0.1, 0.15) is 11.5 Å². The number of hydrogen-bond donors (Lipinski definition) is 2. The van der Waals surface area contributed by atoms with Gasteiger partial charge in [-0.3, -0.25) is 29.0 Å². The number of rotatable bonds is 4. The van der Waals surface area contributed by atoms with Gasteiger partial charge in [0.05, 0.1) is 23.1 Å². The first-order chi connectivity index (χ1) is 20.5. The van der Waals surface area contributed by atoms with Gasteiger partial charge in [-0.05, 0) is 55.2 Å². The summed E-state index contributed by atoms with van der Waals surface area (Å²) in [5.41, 5.74) is -0.233. The number of likely N-dealkylation sites (tertiary alicyclic amines) is 1. The minimum absolute atomic E-state index is 0.0111. The molecule has 3 fully saturated rings. The highest BCUT2D eigenvalue weighted by Gasteiger charge is 2.76. The maximum absolute atomic E-state index is 14.0. The molecule has 2 aromatic carbocycles. The van der Waals surface area contributed by atoms with Gasteiger partial charge in [-0.25, -0.2) is 4.79 Å². The van der Waals surface area contributed by atoms with E-state index in [1.807, 2.05) is 0 Å². The number of allylic oxidation sites excluding steroid dienone is 2. The number of alkyl halides is 5. The lowest BCUT2D eigenvalue weighted by atomic mass is 9.56. The molecule has 2 aliphatic heterocycles. The Morgan fingerprint density at radius 2 is 1.73 bits per heavy atom. The van der Waals surface area contributed by atoms with Crippen LogP contribution in [-0.4, -0.2) is 67.9 Å². The number of halogens is 5. The van der Waals surface area contributed by atoms with Crippen molar-refractivity contribution in [2.75, 3.05) is 11.9 Å². The molecule has 230 valence electrons. The quantitative estimate of drug-likeness (QED) is 0.285. The summed E-state index contributed by atoms with van der Waals surface area (Å²) in [7, 11) is 1.14. The SMILES string of the molecule is CN1C(=O)[C@]2(Cl)C[C@@H]3C(=CC[C@@H]4C(=O)N(c5cccc(C(=O)O)c5)C(=O)[C@@H]43)[C@H](c3cc(OC(F)(F)F)ccc3O)[C@]2(Cl)C1=O. The predicted molar refractivity (Wildman–Crippen MR) is 146 cm³/mol. The second-order valence-electron chi connectivity index (χ2n) is 11.1. The minimum atomic E-state index is -5.10. The highest BCUT2D eigenvalue weighted by molar-refractivity contribution is 6.53. The van der Waals surface area contributed by atoms with Crippen molar-refractivity contribution in [3.05, 3.63) is 65.2 Å². The van der Waals surface area contributed by atoms with E-state index < -0.39 is 87.3 Å². The smallest absolute Gasteiger partial charge is 0.508 e. The topological polar surface area (TPSA) is 142 Å². The second kappa shape index (κ2) is 9.70. The van der Waals surface area contributed by atoms with Crippen molar-refractivity contribution in [1.82, 2.24) is 4.90 Å². The number of carbonyl (C=O) groups excluding carboxylic acids is 4. The van der Waals surface area contributed by atoms with Crippen LogP contribution in [0.15, 0.2) is 54.1 Å². The van der Waals surface area contributed by atoms with Crippen LogP contribution in [-0.2, 0) is 19.2 Å². The molecule has 2 aromatic rings. The number of hydrogen-bond acceptors (Lipinski definition) is 7. The molecule has 0 spiro atoms. The number of anilines is 1. The summed E-state index contributed by atoms with van der Waals surface area (Å²) in [5.74, 6) is -10.5. The van der Waals surface area contributed by atoms with Crippen LogP contribution in [0.5, 0.6) is 11.5 Å². The summed E-state index contributed by atoms with van der Waals surface area (Å²) in [5, 5.41) is 20.3. The Morgan fingerprint density at radius 1 is 1.02 bits per heavy atom. The lowest BCUT2D eigenvalue weighted by Gasteiger charge is -2.50. The van der Waals surface area contributed by atoms with Gasteiger partial charge < -0.3 is 14.9 Å². The van der Waals surface area contributed by atoms with Crippen molar-refractivity contribution in [2.24, 2.45) is 17.8 Å². The lowest BCUT2D eigenvalue weighted by Crippen LogP contribution is -2.60. The van der Waals surface area contributed by atoms with E-state index >= 15 is 0 Å². The van der Waals surface area contributed by atoms with E-state index in [9.17, 15) is 47.4 Å². The van der Waals surface area contributed by atoms with E-state index in [1.165, 1.54) is 30.3 Å². The van der Waals surface area contributed by atoms with Crippen LogP contribution in [0.4, 0.5) is 18.9 Å². The van der Waals surface area contributed by atoms with E-state index in [2.05, 4.69) is 4.74 Å². The number of ether oxygens (including phenoxy) is 1. The molecule has 44 heavy (non-hydrogen) atoms. The molecule has 4 amide bonds. The maximum Gasteiger partial charge on any atom is 0.573 e. The first-order valence-corrected chi connectivity index (χ1v) is 14.0. The molecule has 2 saturated heterocycles. The third-order valence-electron chi connectivity index (χ3n) is 8.91. The van der Waals surface area contributed by atoms with Crippen LogP contribution in [0.2, 0.25) is 0 Å². The molecule has 0 bridgehead atoms. The first-order valence-electron chi connectivity index (χ1n) is 13.2. The number of amides is 4. The summed E-state index contributed by atoms with van der Waals surface area (Å²) in [6, 6.07) is 7.81. The molecule has 4 aliphatic rings. The zero-order chi connectivity index (χ0) is 32.1. The zero-order valence-corrected chi connectivity index (χ0v) is 24.0. The zero-order valence-electron chi connectivity index (χ0n) is 22.5. The molecule has 6 atom stereocenters. The van der Waals surface area contributed by atoms with E-state index in [0.29, 0.717) is 4.90 Å². The largest absolute Gasteiger partial charge is 0.573 e. The Kier molecular flexibility index (Phi) is 6.60. The Hall–Kier alpha value is -4.10. The predicted octanol–water partition coefficient (Wildman–Crippen LogP) is 4.18. The lowest BCUT2D eigenvalue weighted by molar-refractivity contribution is -0.274. The van der Waals surface area contributed by atoms with Crippen LogP contribution in [0.3, 0.4) is 0 Å². The van der Waals surface area contributed by atoms with E-state index in [-0.39, 0.29) is 28.8 Å². The molecule has 6 rings (SSSR count). The number of imide groups is 2. The Labute approximate surface area is 256 Å². The molecule has 0 radical (unpaired) electrons. The highest BCUT2D eigenvalue weighted by atomic mass is 35.5. The molecule has 2 heterocycles. The molecule has 1 saturated carbocycles. The standard InChI is InChI=1S/C29H21Cl2F3N2O8/c1-35-25(42)27(30)11-18-15(21(28(27,31)26(35)43)17-10-14(5-8-19(17)37)44-29(32,33)34)6-7-16-20(18)23(39)36(22(16)38)13-4-2-3-12(9-13)24(40)41/h2-6,8-10,16,18,20-21,37H,7,11H2,1H3,(H,40,41)/t16-,18+,20-,21+,27+,28-/m0/s1. The maximum atomic E-state index is 14.0. The van der Waals surface area contributed by atoms with Gasteiger partial charge >= 0.3 is 12.3 Å². The molecule has 10 nitrogen and oxygen atoms in total. The van der Waals surface area contributed by atoms with Gasteiger partial charge in [0, 0.05) is 18.5 Å². The summed E-state index contributed by atoms with van der Waals surface area (Å²) >= 11 is 14.0. The van der Waals surface area contributed by atoms with Crippen molar-refractivity contribution in [2.45, 2.75) is 34.9 Å². The van der Waals surface area contributed by atoms with Crippen molar-refractivity contribution in [3.63, 3.8) is 0 Å². The van der Waals surface area contributed by atoms with Crippen LogP contribution >= 0.6 is 23.2 Å². The first kappa shape index (κ1) is 29.9. The Balaban J connectivity index is 1.51. The van der Waals surface area contributed by atoms with Gasteiger partial charge in [0.25, 0.3) is 11.8 Å². The van der Waals surface area contributed by atoms with Gasteiger partial charge in [-0.15, -0.1) is 36.4 Å². The number of nitrogens with zero attached hydrogens (tertiary/aromatic N) is 2. The molecular weight excluding hydrogens is 632 g/mol. The summed E-state index contributed by atoms with van der Waals surface area (Å²) in [4.78, 5) is 63.3. The van der Waals surface area contributed by atoms with Crippen molar-refractivity contribution >= 4 is 58.5 Å². The van der Waals surface area contributed by atoms with Crippen molar-refractivity contribution in [3.8, 4) is 11.5 Å². The van der Waals surface area contributed by atoms with E-state index in [0.717, 1.165) is 30.1 Å².